The first kappa shape index (κ1) is 13.1. The second kappa shape index (κ2) is 5.12. The van der Waals surface area contributed by atoms with Crippen molar-refractivity contribution in [2.75, 3.05) is 0 Å². The largest absolute Gasteiger partial charge is 0.384 e. The van der Waals surface area contributed by atoms with E-state index in [1.165, 1.54) is 18.2 Å². The van der Waals surface area contributed by atoms with Crippen LogP contribution in [0, 0.1) is 17.5 Å². The molecule has 0 aromatic heterocycles. The van der Waals surface area contributed by atoms with Crippen molar-refractivity contribution in [2.45, 2.75) is 6.10 Å². The van der Waals surface area contributed by atoms with Gasteiger partial charge in [-0.2, -0.15) is 0 Å². The Morgan fingerprint density at radius 1 is 1.00 bits per heavy atom. The van der Waals surface area contributed by atoms with Gasteiger partial charge in [-0.25, -0.2) is 13.2 Å². The highest BCUT2D eigenvalue weighted by Gasteiger charge is 2.19. The highest BCUT2D eigenvalue weighted by Crippen LogP contribution is 2.31. The molecule has 1 nitrogen and oxygen atoms in total. The van der Waals surface area contributed by atoms with Gasteiger partial charge in [0.2, 0.25) is 0 Å². The van der Waals surface area contributed by atoms with Crippen molar-refractivity contribution in [3.8, 4) is 0 Å². The highest BCUT2D eigenvalue weighted by atomic mass is 79.9. The summed E-state index contributed by atoms with van der Waals surface area (Å²) in [5.74, 6) is -2.30. The fraction of sp³-hybridized carbons (Fsp3) is 0.0769. The summed E-state index contributed by atoms with van der Waals surface area (Å²) in [4.78, 5) is 0. The van der Waals surface area contributed by atoms with Gasteiger partial charge in [0.1, 0.15) is 23.6 Å². The monoisotopic (exact) mass is 316 g/mol. The van der Waals surface area contributed by atoms with Gasteiger partial charge in [0, 0.05) is 16.1 Å². The molecule has 2 aromatic rings. The van der Waals surface area contributed by atoms with E-state index in [1.807, 2.05) is 0 Å². The first-order valence-corrected chi connectivity index (χ1v) is 5.86. The van der Waals surface area contributed by atoms with Crippen molar-refractivity contribution in [1.82, 2.24) is 0 Å². The molecule has 0 saturated carbocycles. The van der Waals surface area contributed by atoms with E-state index in [1.54, 1.807) is 0 Å². The summed E-state index contributed by atoms with van der Waals surface area (Å²) in [5.41, 5.74) is -0.0965. The number of halogens is 4. The Bertz CT molecular complexity index is 546. The van der Waals surface area contributed by atoms with E-state index in [0.717, 1.165) is 12.1 Å². The zero-order chi connectivity index (χ0) is 13.3. The fourth-order valence-corrected chi connectivity index (χ4v) is 2.23. The average Bonchev–Trinajstić information content (AvgIpc) is 2.27. The van der Waals surface area contributed by atoms with Gasteiger partial charge < -0.3 is 5.11 Å². The lowest BCUT2D eigenvalue weighted by atomic mass is 10.0. The molecule has 0 bridgehead atoms. The van der Waals surface area contributed by atoms with Crippen LogP contribution >= 0.6 is 15.9 Å². The summed E-state index contributed by atoms with van der Waals surface area (Å²) < 4.78 is 40.0. The van der Waals surface area contributed by atoms with E-state index in [4.69, 9.17) is 0 Å². The van der Waals surface area contributed by atoms with Crippen LogP contribution in [0.2, 0.25) is 0 Å². The lowest BCUT2D eigenvalue weighted by molar-refractivity contribution is 0.213. The van der Waals surface area contributed by atoms with Crippen LogP contribution in [0.1, 0.15) is 17.2 Å². The molecule has 0 fully saturated rings. The molecule has 94 valence electrons. The normalized spacial score (nSPS) is 12.5. The molecule has 1 N–H and O–H groups in total. The number of aliphatic hydroxyl groups is 1. The van der Waals surface area contributed by atoms with Gasteiger partial charge in [0.15, 0.2) is 0 Å². The highest BCUT2D eigenvalue weighted by molar-refractivity contribution is 9.10. The summed E-state index contributed by atoms with van der Waals surface area (Å²) in [6.45, 7) is 0. The van der Waals surface area contributed by atoms with E-state index in [2.05, 4.69) is 15.9 Å². The van der Waals surface area contributed by atoms with Crippen molar-refractivity contribution in [1.29, 1.82) is 0 Å². The predicted molar refractivity (Wildman–Crippen MR) is 64.5 cm³/mol. The Hall–Kier alpha value is -1.33. The molecule has 0 saturated heterocycles. The third kappa shape index (κ3) is 2.57. The molecule has 2 rings (SSSR count). The topological polar surface area (TPSA) is 20.2 Å². The maximum Gasteiger partial charge on any atom is 0.130 e. The molecule has 0 aliphatic carbocycles. The van der Waals surface area contributed by atoms with E-state index in [9.17, 15) is 18.3 Å². The van der Waals surface area contributed by atoms with Gasteiger partial charge in [-0.15, -0.1) is 0 Å². The van der Waals surface area contributed by atoms with Crippen LogP contribution in [-0.2, 0) is 0 Å². The smallest absolute Gasteiger partial charge is 0.130 e. The maximum absolute atomic E-state index is 13.6. The number of aliphatic hydroxyl groups excluding tert-OH is 1. The first-order chi connectivity index (χ1) is 8.49. The zero-order valence-electron chi connectivity index (χ0n) is 9.00. The zero-order valence-corrected chi connectivity index (χ0v) is 10.6. The lowest BCUT2D eigenvalue weighted by Crippen LogP contribution is -2.04. The van der Waals surface area contributed by atoms with Crippen molar-refractivity contribution in [3.05, 3.63) is 69.4 Å². The van der Waals surface area contributed by atoms with Crippen molar-refractivity contribution < 1.29 is 18.3 Å². The molecular formula is C13H8BrF3O. The van der Waals surface area contributed by atoms with Crippen LogP contribution in [0.5, 0.6) is 0 Å². The average molecular weight is 317 g/mol. The molecule has 0 aliphatic rings. The molecule has 1 atom stereocenters. The molecule has 5 heteroatoms. The van der Waals surface area contributed by atoms with Crippen LogP contribution in [0.15, 0.2) is 40.9 Å². The quantitative estimate of drug-likeness (QED) is 0.889. The first-order valence-electron chi connectivity index (χ1n) is 5.07. The molecule has 0 heterocycles. The number of rotatable bonds is 2. The Morgan fingerprint density at radius 2 is 1.61 bits per heavy atom. The van der Waals surface area contributed by atoms with Crippen molar-refractivity contribution in [2.24, 2.45) is 0 Å². The van der Waals surface area contributed by atoms with Gasteiger partial charge >= 0.3 is 0 Å². The Kier molecular flexibility index (Phi) is 3.73. The Balaban J connectivity index is 2.51. The summed E-state index contributed by atoms with van der Waals surface area (Å²) >= 11 is 3.09. The number of hydrogen-bond donors (Lipinski definition) is 1. The third-order valence-corrected chi connectivity index (χ3v) is 3.17. The van der Waals surface area contributed by atoms with Crippen LogP contribution in [0.25, 0.3) is 0 Å². The molecule has 18 heavy (non-hydrogen) atoms. The van der Waals surface area contributed by atoms with Crippen molar-refractivity contribution in [3.63, 3.8) is 0 Å². The lowest BCUT2D eigenvalue weighted by Gasteiger charge is -2.14. The minimum absolute atomic E-state index is 0.0432. The maximum atomic E-state index is 13.6. The van der Waals surface area contributed by atoms with Gasteiger partial charge in [0.05, 0.1) is 0 Å². The molecule has 0 aliphatic heterocycles. The summed E-state index contributed by atoms with van der Waals surface area (Å²) in [6.07, 6.45) is -1.44. The number of benzene rings is 2. The van der Waals surface area contributed by atoms with Gasteiger partial charge in [-0.05, 0) is 29.8 Å². The van der Waals surface area contributed by atoms with Crippen molar-refractivity contribution >= 4 is 15.9 Å². The van der Waals surface area contributed by atoms with Crippen LogP contribution in [0.3, 0.4) is 0 Å². The summed E-state index contributed by atoms with van der Waals surface area (Å²) in [6, 6.07) is 6.78. The van der Waals surface area contributed by atoms with E-state index >= 15 is 0 Å². The van der Waals surface area contributed by atoms with Gasteiger partial charge in [-0.3, -0.25) is 0 Å². The van der Waals surface area contributed by atoms with E-state index in [-0.39, 0.29) is 11.1 Å². The van der Waals surface area contributed by atoms with E-state index in [0.29, 0.717) is 10.5 Å². The Labute approximate surface area is 110 Å². The summed E-state index contributed by atoms with van der Waals surface area (Å²) in [5, 5.41) is 10.00. The van der Waals surface area contributed by atoms with Crippen LogP contribution in [0.4, 0.5) is 13.2 Å². The minimum atomic E-state index is -1.44. The predicted octanol–water partition coefficient (Wildman–Crippen LogP) is 3.95. The standard InChI is InChI=1S/C13H8BrF3O/c14-10-2-1-3-11(17)12(10)13(18)7-4-8(15)6-9(16)5-7/h1-6,13,18H. The molecule has 0 spiro atoms. The second-order valence-electron chi connectivity index (χ2n) is 3.74. The van der Waals surface area contributed by atoms with Gasteiger partial charge in [-0.1, -0.05) is 22.0 Å². The SMILES string of the molecule is OC(c1cc(F)cc(F)c1)c1c(F)cccc1Br. The van der Waals surface area contributed by atoms with E-state index < -0.39 is 23.6 Å². The van der Waals surface area contributed by atoms with Crippen LogP contribution in [-0.4, -0.2) is 5.11 Å². The second-order valence-corrected chi connectivity index (χ2v) is 4.59. The third-order valence-electron chi connectivity index (χ3n) is 2.47. The molecule has 0 radical (unpaired) electrons. The molecule has 2 aromatic carbocycles. The molecule has 1 unspecified atom stereocenters. The fourth-order valence-electron chi connectivity index (χ4n) is 1.67. The Morgan fingerprint density at radius 3 is 2.17 bits per heavy atom. The number of hydrogen-bond acceptors (Lipinski definition) is 1. The summed E-state index contributed by atoms with van der Waals surface area (Å²) in [7, 11) is 0. The minimum Gasteiger partial charge on any atom is -0.384 e. The molecular weight excluding hydrogens is 309 g/mol. The van der Waals surface area contributed by atoms with Crippen LogP contribution < -0.4 is 0 Å². The van der Waals surface area contributed by atoms with Gasteiger partial charge in [0.25, 0.3) is 0 Å². The molecule has 0 amide bonds.